The zero-order valence-corrected chi connectivity index (χ0v) is 15.7. The summed E-state index contributed by atoms with van der Waals surface area (Å²) in [5, 5.41) is 2.86. The van der Waals surface area contributed by atoms with Gasteiger partial charge in [-0.05, 0) is 41.7 Å². The van der Waals surface area contributed by atoms with Crippen LogP contribution in [-0.2, 0) is 16.1 Å². The summed E-state index contributed by atoms with van der Waals surface area (Å²) in [5.41, 5.74) is 2.87. The van der Waals surface area contributed by atoms with E-state index in [0.29, 0.717) is 19.0 Å². The zero-order valence-electron chi connectivity index (χ0n) is 15.7. The van der Waals surface area contributed by atoms with Gasteiger partial charge in [0.2, 0.25) is 11.8 Å². The first kappa shape index (κ1) is 19.1. The van der Waals surface area contributed by atoms with Gasteiger partial charge in [0.15, 0.2) is 0 Å². The number of carbonyl (C=O) groups excluding carboxylic acids is 2. The van der Waals surface area contributed by atoms with E-state index in [2.05, 4.69) is 25.2 Å². The van der Waals surface area contributed by atoms with Gasteiger partial charge in [-0.15, -0.1) is 0 Å². The molecule has 1 heterocycles. The Bertz CT molecular complexity index is 819. The Hall–Kier alpha value is -2.69. The van der Waals surface area contributed by atoms with Crippen LogP contribution in [-0.4, -0.2) is 18.4 Å². The highest BCUT2D eigenvalue weighted by Gasteiger charge is 2.36. The molecule has 2 atom stereocenters. The molecule has 0 aliphatic carbocycles. The molecule has 1 saturated heterocycles. The van der Waals surface area contributed by atoms with Gasteiger partial charge in [-0.1, -0.05) is 44.2 Å². The molecule has 27 heavy (non-hydrogen) atoms. The summed E-state index contributed by atoms with van der Waals surface area (Å²) in [5.74, 6) is -0.491. The van der Waals surface area contributed by atoms with Crippen molar-refractivity contribution in [1.29, 1.82) is 0 Å². The number of hydrogen-bond acceptors (Lipinski definition) is 2. The smallest absolute Gasteiger partial charge is 0.227 e. The summed E-state index contributed by atoms with van der Waals surface area (Å²) in [7, 11) is 0. The van der Waals surface area contributed by atoms with Crippen LogP contribution < -0.4 is 10.2 Å². The highest BCUT2D eigenvalue weighted by atomic mass is 19.1. The van der Waals surface area contributed by atoms with Crippen LogP contribution in [0.15, 0.2) is 48.5 Å². The molecule has 1 fully saturated rings. The number of para-hydroxylation sites is 1. The monoisotopic (exact) mass is 368 g/mol. The lowest BCUT2D eigenvalue weighted by atomic mass is 9.96. The van der Waals surface area contributed by atoms with Gasteiger partial charge in [0.1, 0.15) is 5.82 Å². The number of amides is 2. The highest BCUT2D eigenvalue weighted by Crippen LogP contribution is 2.33. The van der Waals surface area contributed by atoms with E-state index in [1.54, 1.807) is 17.0 Å². The van der Waals surface area contributed by atoms with Crippen LogP contribution in [0.2, 0.25) is 0 Å². The normalized spacial score (nSPS) is 17.8. The predicted octanol–water partition coefficient (Wildman–Crippen LogP) is 4.01. The lowest BCUT2D eigenvalue weighted by Gasteiger charge is -2.23. The van der Waals surface area contributed by atoms with Crippen LogP contribution in [0.4, 0.5) is 10.1 Å². The van der Waals surface area contributed by atoms with E-state index >= 15 is 0 Å². The maximum Gasteiger partial charge on any atom is 0.227 e. The summed E-state index contributed by atoms with van der Waals surface area (Å²) in [6.45, 7) is 4.99. The van der Waals surface area contributed by atoms with Crippen molar-refractivity contribution in [1.82, 2.24) is 5.32 Å². The Labute approximate surface area is 159 Å². The molecular weight excluding hydrogens is 343 g/mol. The molecule has 0 bridgehead atoms. The molecule has 2 amide bonds. The van der Waals surface area contributed by atoms with Crippen LogP contribution in [0.5, 0.6) is 0 Å². The zero-order chi connectivity index (χ0) is 19.4. The lowest BCUT2D eigenvalue weighted by molar-refractivity contribution is -0.126. The first-order chi connectivity index (χ1) is 13.0. The molecule has 0 saturated carbocycles. The van der Waals surface area contributed by atoms with Crippen molar-refractivity contribution in [3.63, 3.8) is 0 Å². The summed E-state index contributed by atoms with van der Waals surface area (Å²) in [4.78, 5) is 26.8. The van der Waals surface area contributed by atoms with Gasteiger partial charge in [-0.2, -0.15) is 0 Å². The number of anilines is 1. The van der Waals surface area contributed by atoms with E-state index in [1.165, 1.54) is 12.1 Å². The van der Waals surface area contributed by atoms with E-state index in [1.807, 2.05) is 18.2 Å². The van der Waals surface area contributed by atoms with Crippen LogP contribution in [0, 0.1) is 11.7 Å². The summed E-state index contributed by atoms with van der Waals surface area (Å²) < 4.78 is 13.0. The summed E-state index contributed by atoms with van der Waals surface area (Å²) in [6.07, 6.45) is 1.20. The van der Waals surface area contributed by atoms with Crippen molar-refractivity contribution in [3.8, 4) is 0 Å². The van der Waals surface area contributed by atoms with Crippen LogP contribution in [0.1, 0.15) is 43.7 Å². The minimum absolute atomic E-state index is 0.0207. The topological polar surface area (TPSA) is 49.4 Å². The molecule has 0 aromatic heterocycles. The maximum absolute atomic E-state index is 13.0. The van der Waals surface area contributed by atoms with E-state index in [4.69, 9.17) is 0 Å². The van der Waals surface area contributed by atoms with Gasteiger partial charge >= 0.3 is 0 Å². The Balaban J connectivity index is 1.67. The number of nitrogens with zero attached hydrogens (tertiary/aromatic N) is 1. The molecule has 2 aromatic rings. The second kappa shape index (κ2) is 8.33. The predicted molar refractivity (Wildman–Crippen MR) is 104 cm³/mol. The van der Waals surface area contributed by atoms with Gasteiger partial charge in [0, 0.05) is 25.2 Å². The Morgan fingerprint density at radius 3 is 2.63 bits per heavy atom. The Morgan fingerprint density at radius 1 is 1.22 bits per heavy atom. The minimum atomic E-state index is -0.372. The molecule has 0 spiro atoms. The molecular formula is C22H25FN2O2. The molecule has 1 aliphatic rings. The number of benzene rings is 2. The number of rotatable bonds is 6. The fraction of sp³-hybridized carbons (Fsp3) is 0.364. The van der Waals surface area contributed by atoms with Crippen molar-refractivity contribution < 1.29 is 14.0 Å². The molecule has 0 unspecified atom stereocenters. The minimum Gasteiger partial charge on any atom is -0.352 e. The molecule has 3 rings (SSSR count). The average Bonchev–Trinajstić information content (AvgIpc) is 3.08. The van der Waals surface area contributed by atoms with Crippen molar-refractivity contribution in [2.24, 2.45) is 5.92 Å². The quantitative estimate of drug-likeness (QED) is 0.838. The third kappa shape index (κ3) is 4.35. The standard InChI is InChI=1S/C22H25FN2O2/c1-3-15(2)19-6-4-5-7-20(19)25-14-17(12-21(25)26)22(27)24-13-16-8-10-18(23)11-9-16/h4-11,15,17H,3,12-14H2,1-2H3,(H,24,27)/t15-,17+/m1/s1. The Kier molecular flexibility index (Phi) is 5.89. The van der Waals surface area contributed by atoms with Gasteiger partial charge in [0.05, 0.1) is 5.92 Å². The van der Waals surface area contributed by atoms with E-state index in [0.717, 1.165) is 23.2 Å². The molecule has 1 aliphatic heterocycles. The molecule has 5 heteroatoms. The number of nitrogens with one attached hydrogen (secondary N) is 1. The SMILES string of the molecule is CC[C@@H](C)c1ccccc1N1C[C@@H](C(=O)NCc2ccc(F)cc2)CC1=O. The summed E-state index contributed by atoms with van der Waals surface area (Å²) in [6, 6.07) is 13.9. The number of carbonyl (C=O) groups is 2. The average molecular weight is 368 g/mol. The molecule has 0 radical (unpaired) electrons. The van der Waals surface area contributed by atoms with Crippen LogP contribution >= 0.6 is 0 Å². The van der Waals surface area contributed by atoms with Crippen molar-refractivity contribution in [3.05, 3.63) is 65.5 Å². The number of hydrogen-bond donors (Lipinski definition) is 1. The van der Waals surface area contributed by atoms with Gasteiger partial charge in [-0.3, -0.25) is 9.59 Å². The molecule has 142 valence electrons. The highest BCUT2D eigenvalue weighted by molar-refractivity contribution is 6.00. The third-order valence-corrected chi connectivity index (χ3v) is 5.25. The lowest BCUT2D eigenvalue weighted by Crippen LogP contribution is -2.33. The van der Waals surface area contributed by atoms with Crippen molar-refractivity contribution in [2.45, 2.75) is 39.2 Å². The van der Waals surface area contributed by atoms with Crippen LogP contribution in [0.25, 0.3) is 0 Å². The second-order valence-electron chi connectivity index (χ2n) is 7.12. The fourth-order valence-corrected chi connectivity index (χ4v) is 3.42. The largest absolute Gasteiger partial charge is 0.352 e. The van der Waals surface area contributed by atoms with Gasteiger partial charge in [0.25, 0.3) is 0 Å². The molecule has 4 nitrogen and oxygen atoms in total. The first-order valence-electron chi connectivity index (χ1n) is 9.41. The third-order valence-electron chi connectivity index (χ3n) is 5.25. The summed E-state index contributed by atoms with van der Waals surface area (Å²) >= 11 is 0. The first-order valence-corrected chi connectivity index (χ1v) is 9.41. The van der Waals surface area contributed by atoms with Crippen molar-refractivity contribution >= 4 is 17.5 Å². The molecule has 1 N–H and O–H groups in total. The van der Waals surface area contributed by atoms with Crippen molar-refractivity contribution in [2.75, 3.05) is 11.4 Å². The maximum atomic E-state index is 13.0. The van der Waals surface area contributed by atoms with Gasteiger partial charge < -0.3 is 10.2 Å². The van der Waals surface area contributed by atoms with E-state index in [9.17, 15) is 14.0 Å². The van der Waals surface area contributed by atoms with Gasteiger partial charge in [-0.25, -0.2) is 4.39 Å². The van der Waals surface area contributed by atoms with Crippen LogP contribution in [0.3, 0.4) is 0 Å². The van der Waals surface area contributed by atoms with E-state index < -0.39 is 0 Å². The second-order valence-corrected chi connectivity index (χ2v) is 7.12. The molecule has 2 aromatic carbocycles. The fourth-order valence-electron chi connectivity index (χ4n) is 3.42. The number of halogens is 1. The van der Waals surface area contributed by atoms with E-state index in [-0.39, 0.29) is 30.0 Å². The Morgan fingerprint density at radius 2 is 1.93 bits per heavy atom.